The van der Waals surface area contributed by atoms with Crippen molar-refractivity contribution in [3.63, 3.8) is 0 Å². The van der Waals surface area contributed by atoms with E-state index in [0.717, 1.165) is 49.8 Å². The molecule has 0 fully saturated rings. The number of halogens is 1. The molecule has 2 heterocycles. The number of fused-ring (bicyclic) bond motifs is 1. The summed E-state index contributed by atoms with van der Waals surface area (Å²) < 4.78 is 1.67. The Morgan fingerprint density at radius 3 is 2.37 bits per heavy atom. The van der Waals surface area contributed by atoms with Crippen molar-refractivity contribution in [2.75, 3.05) is 0 Å². The van der Waals surface area contributed by atoms with Crippen molar-refractivity contribution in [2.24, 2.45) is 12.8 Å². The first kappa shape index (κ1) is 23.0. The average molecular weight is 480 g/mol. The third-order valence-electron chi connectivity index (χ3n) is 6.79. The Balaban J connectivity index is 1.85. The fraction of sp³-hybridized carbons (Fsp3) is 0.133. The molecule has 0 saturated carbocycles. The van der Waals surface area contributed by atoms with Crippen LogP contribution in [-0.4, -0.2) is 9.55 Å². The number of pyridine rings is 2. The fourth-order valence-corrected chi connectivity index (χ4v) is 4.95. The summed E-state index contributed by atoms with van der Waals surface area (Å²) in [4.78, 5) is 17.2. The molecule has 3 aromatic carbocycles. The first-order valence-corrected chi connectivity index (χ1v) is 11.8. The van der Waals surface area contributed by atoms with Gasteiger partial charge in [-0.15, -0.1) is 0 Å². The molecule has 0 radical (unpaired) electrons. The number of nitrogens with two attached hydrogens (primary N) is 1. The molecule has 0 saturated heterocycles. The van der Waals surface area contributed by atoms with Crippen LogP contribution < -0.4 is 11.3 Å². The van der Waals surface area contributed by atoms with E-state index in [9.17, 15) is 4.79 Å². The number of rotatable bonds is 4. The Hall–Kier alpha value is -3.73. The highest BCUT2D eigenvalue weighted by Gasteiger charge is 2.34. The SMILES string of the molecule is Cc1cccc(-c2cc(=O)n(C)c3ccc(C(N)(c4ccc(Cl)cc4)c4cnccc4C)cc23)c1. The van der Waals surface area contributed by atoms with E-state index in [0.29, 0.717) is 5.02 Å². The van der Waals surface area contributed by atoms with Gasteiger partial charge in [0, 0.05) is 41.5 Å². The van der Waals surface area contributed by atoms with E-state index < -0.39 is 5.54 Å². The van der Waals surface area contributed by atoms with Crippen LogP contribution >= 0.6 is 11.6 Å². The van der Waals surface area contributed by atoms with Crippen LogP contribution in [0.5, 0.6) is 0 Å². The number of hydrogen-bond acceptors (Lipinski definition) is 3. The molecule has 0 aliphatic carbocycles. The van der Waals surface area contributed by atoms with Gasteiger partial charge in [0.25, 0.3) is 5.56 Å². The first-order chi connectivity index (χ1) is 16.8. The summed E-state index contributed by atoms with van der Waals surface area (Å²) in [5, 5.41) is 1.61. The molecule has 0 aliphatic heterocycles. The molecule has 1 unspecified atom stereocenters. The van der Waals surface area contributed by atoms with Gasteiger partial charge in [0.15, 0.2) is 0 Å². The zero-order valence-electron chi connectivity index (χ0n) is 19.9. The molecule has 0 bridgehead atoms. The van der Waals surface area contributed by atoms with Gasteiger partial charge in [-0.1, -0.05) is 59.6 Å². The van der Waals surface area contributed by atoms with Crippen molar-refractivity contribution >= 4 is 22.5 Å². The van der Waals surface area contributed by atoms with Crippen LogP contribution in [0.3, 0.4) is 0 Å². The molecular formula is C30H26ClN3O. The third-order valence-corrected chi connectivity index (χ3v) is 7.05. The molecule has 5 rings (SSSR count). The van der Waals surface area contributed by atoms with E-state index >= 15 is 0 Å². The largest absolute Gasteiger partial charge is 0.314 e. The zero-order chi connectivity index (χ0) is 24.7. The summed E-state index contributed by atoms with van der Waals surface area (Å²) in [6.45, 7) is 4.09. The summed E-state index contributed by atoms with van der Waals surface area (Å²) in [6, 6.07) is 25.6. The number of hydrogen-bond donors (Lipinski definition) is 1. The highest BCUT2D eigenvalue weighted by Crippen LogP contribution is 2.38. The van der Waals surface area contributed by atoms with Gasteiger partial charge in [0.2, 0.25) is 0 Å². The quantitative estimate of drug-likeness (QED) is 0.337. The molecule has 2 N–H and O–H groups in total. The summed E-state index contributed by atoms with van der Waals surface area (Å²) in [5.41, 5.74) is 13.9. The fourth-order valence-electron chi connectivity index (χ4n) is 4.83. The Labute approximate surface area is 209 Å². The molecule has 1 atom stereocenters. The molecule has 0 amide bonds. The second-order valence-corrected chi connectivity index (χ2v) is 9.50. The lowest BCUT2D eigenvalue weighted by Gasteiger charge is -2.33. The van der Waals surface area contributed by atoms with E-state index in [-0.39, 0.29) is 5.56 Å². The number of nitrogens with zero attached hydrogens (tertiary/aromatic N) is 2. The standard InChI is InChI=1S/C30H26ClN3O/c1-19-5-4-6-21(15-19)25-17-29(35)34(3)28-12-9-23(16-26(25)28)30(32,22-7-10-24(31)11-8-22)27-18-33-14-13-20(27)2/h4-18H,32H2,1-3H3. The lowest BCUT2D eigenvalue weighted by atomic mass is 9.76. The maximum Gasteiger partial charge on any atom is 0.251 e. The molecular weight excluding hydrogens is 454 g/mol. The Morgan fingerprint density at radius 1 is 0.914 bits per heavy atom. The van der Waals surface area contributed by atoms with Gasteiger partial charge in [0.1, 0.15) is 0 Å². The van der Waals surface area contributed by atoms with E-state index in [1.54, 1.807) is 23.9 Å². The van der Waals surface area contributed by atoms with Gasteiger partial charge in [-0.05, 0) is 72.0 Å². The molecule has 2 aromatic heterocycles. The van der Waals surface area contributed by atoms with Gasteiger partial charge in [-0.3, -0.25) is 9.78 Å². The van der Waals surface area contributed by atoms with Crippen LogP contribution in [0.2, 0.25) is 5.02 Å². The predicted molar refractivity (Wildman–Crippen MR) is 144 cm³/mol. The van der Waals surface area contributed by atoms with Crippen molar-refractivity contribution in [1.29, 1.82) is 0 Å². The summed E-state index contributed by atoms with van der Waals surface area (Å²) >= 11 is 6.21. The van der Waals surface area contributed by atoms with Crippen molar-refractivity contribution in [1.82, 2.24) is 9.55 Å². The summed E-state index contributed by atoms with van der Waals surface area (Å²) in [7, 11) is 1.80. The summed E-state index contributed by atoms with van der Waals surface area (Å²) in [6.07, 6.45) is 3.60. The Kier molecular flexibility index (Phi) is 5.79. The third kappa shape index (κ3) is 3.95. The normalized spacial score (nSPS) is 13.1. The monoisotopic (exact) mass is 479 g/mol. The zero-order valence-corrected chi connectivity index (χ0v) is 20.7. The second kappa shape index (κ2) is 8.81. The topological polar surface area (TPSA) is 60.9 Å². The minimum atomic E-state index is -0.976. The van der Waals surface area contributed by atoms with Crippen LogP contribution in [0.25, 0.3) is 22.0 Å². The van der Waals surface area contributed by atoms with Crippen LogP contribution in [0.1, 0.15) is 27.8 Å². The lowest BCUT2D eigenvalue weighted by Crippen LogP contribution is -2.40. The maximum atomic E-state index is 12.8. The van der Waals surface area contributed by atoms with E-state index in [1.165, 1.54) is 0 Å². The van der Waals surface area contributed by atoms with E-state index in [1.807, 2.05) is 67.7 Å². The number of benzene rings is 3. The maximum absolute atomic E-state index is 12.8. The second-order valence-electron chi connectivity index (χ2n) is 9.06. The van der Waals surface area contributed by atoms with Crippen molar-refractivity contribution in [2.45, 2.75) is 19.4 Å². The van der Waals surface area contributed by atoms with Gasteiger partial charge in [-0.2, -0.15) is 0 Å². The number of aromatic nitrogens is 2. The van der Waals surface area contributed by atoms with Gasteiger partial charge in [0.05, 0.1) is 11.1 Å². The van der Waals surface area contributed by atoms with Gasteiger partial charge < -0.3 is 10.3 Å². The number of aryl methyl sites for hydroxylation is 3. The average Bonchev–Trinajstić information content (AvgIpc) is 2.86. The smallest absolute Gasteiger partial charge is 0.251 e. The van der Waals surface area contributed by atoms with Crippen LogP contribution in [0, 0.1) is 13.8 Å². The first-order valence-electron chi connectivity index (χ1n) is 11.5. The molecule has 5 heteroatoms. The molecule has 174 valence electrons. The highest BCUT2D eigenvalue weighted by molar-refractivity contribution is 6.30. The molecule has 35 heavy (non-hydrogen) atoms. The molecule has 5 aromatic rings. The molecule has 0 spiro atoms. The lowest BCUT2D eigenvalue weighted by molar-refractivity contribution is 0.645. The molecule has 4 nitrogen and oxygen atoms in total. The minimum absolute atomic E-state index is 0.0541. The van der Waals surface area contributed by atoms with Crippen LogP contribution in [-0.2, 0) is 12.6 Å². The highest BCUT2D eigenvalue weighted by atomic mass is 35.5. The van der Waals surface area contributed by atoms with Crippen LogP contribution in [0.4, 0.5) is 0 Å². The summed E-state index contributed by atoms with van der Waals surface area (Å²) in [5.74, 6) is 0. The minimum Gasteiger partial charge on any atom is -0.314 e. The van der Waals surface area contributed by atoms with Crippen molar-refractivity contribution < 1.29 is 0 Å². The Morgan fingerprint density at radius 2 is 1.66 bits per heavy atom. The van der Waals surface area contributed by atoms with Gasteiger partial charge >= 0.3 is 0 Å². The van der Waals surface area contributed by atoms with Crippen molar-refractivity contribution in [3.05, 3.63) is 134 Å². The predicted octanol–water partition coefficient (Wildman–Crippen LogP) is 6.12. The van der Waals surface area contributed by atoms with E-state index in [4.69, 9.17) is 17.3 Å². The Bertz CT molecular complexity index is 1620. The van der Waals surface area contributed by atoms with Crippen LogP contribution in [0.15, 0.2) is 96.1 Å². The van der Waals surface area contributed by atoms with Crippen molar-refractivity contribution in [3.8, 4) is 11.1 Å². The molecule has 0 aliphatic rings. The van der Waals surface area contributed by atoms with Gasteiger partial charge in [-0.25, -0.2) is 0 Å². The van der Waals surface area contributed by atoms with E-state index in [2.05, 4.69) is 30.1 Å².